The molecular formula is C16H31N3O. The van der Waals surface area contributed by atoms with E-state index in [1.54, 1.807) is 0 Å². The number of carbonyl (C=O) groups is 1. The lowest BCUT2D eigenvalue weighted by Crippen LogP contribution is -2.29. The van der Waals surface area contributed by atoms with Crippen LogP contribution >= 0.6 is 0 Å². The monoisotopic (exact) mass is 281 g/mol. The lowest BCUT2D eigenvalue weighted by Gasteiger charge is -2.07. The molecule has 1 aliphatic heterocycles. The van der Waals surface area contributed by atoms with Gasteiger partial charge >= 0.3 is 0 Å². The van der Waals surface area contributed by atoms with Gasteiger partial charge < -0.3 is 5.32 Å². The third-order valence-corrected chi connectivity index (χ3v) is 3.58. The topological polar surface area (TPSA) is 53.5 Å². The maximum Gasteiger partial charge on any atom is 0.249 e. The molecule has 0 aromatic carbocycles. The van der Waals surface area contributed by atoms with E-state index >= 15 is 0 Å². The zero-order valence-corrected chi connectivity index (χ0v) is 13.4. The second-order valence-corrected chi connectivity index (χ2v) is 6.18. The summed E-state index contributed by atoms with van der Waals surface area (Å²) in [6.07, 6.45) is 9.89. The van der Waals surface area contributed by atoms with Crippen molar-refractivity contribution in [3.05, 3.63) is 0 Å². The van der Waals surface area contributed by atoms with E-state index in [-0.39, 0.29) is 11.9 Å². The molecule has 0 bridgehead atoms. The van der Waals surface area contributed by atoms with Crippen molar-refractivity contribution in [1.82, 2.24) is 10.6 Å². The van der Waals surface area contributed by atoms with Crippen molar-refractivity contribution in [3.8, 4) is 0 Å². The quantitative estimate of drug-likeness (QED) is 0.604. The van der Waals surface area contributed by atoms with Crippen LogP contribution < -0.4 is 10.6 Å². The van der Waals surface area contributed by atoms with Crippen LogP contribution in [0.25, 0.3) is 0 Å². The first-order valence-corrected chi connectivity index (χ1v) is 8.25. The van der Waals surface area contributed by atoms with Crippen LogP contribution in [0.3, 0.4) is 0 Å². The fourth-order valence-electron chi connectivity index (χ4n) is 2.34. The van der Waals surface area contributed by atoms with E-state index < -0.39 is 0 Å². The van der Waals surface area contributed by atoms with Gasteiger partial charge in [-0.1, -0.05) is 65.7 Å². The van der Waals surface area contributed by atoms with E-state index in [0.717, 1.165) is 19.4 Å². The standard InChI is InChI=1S/C16H31N3O/c1-4-5-6-7-8-9-10-11-14-15(20)19-16(18-14)17-12-13(2)3/h13-14H,4-12H2,1-3H3,(H2,17,18,19,20). The first-order valence-electron chi connectivity index (χ1n) is 8.25. The molecule has 1 atom stereocenters. The number of nitrogens with zero attached hydrogens (tertiary/aromatic N) is 1. The Morgan fingerprint density at radius 3 is 2.40 bits per heavy atom. The van der Waals surface area contributed by atoms with Gasteiger partial charge in [-0.3, -0.25) is 15.1 Å². The van der Waals surface area contributed by atoms with Gasteiger partial charge in [0, 0.05) is 6.54 Å². The van der Waals surface area contributed by atoms with Crippen molar-refractivity contribution in [2.45, 2.75) is 78.2 Å². The first kappa shape index (κ1) is 17.0. The number of aliphatic imine (C=N–C) groups is 1. The lowest BCUT2D eigenvalue weighted by atomic mass is 10.1. The van der Waals surface area contributed by atoms with Crippen molar-refractivity contribution in [2.75, 3.05) is 6.54 Å². The molecule has 1 aliphatic rings. The zero-order chi connectivity index (χ0) is 14.8. The number of unbranched alkanes of at least 4 members (excludes halogenated alkanes) is 6. The van der Waals surface area contributed by atoms with Crippen molar-refractivity contribution in [1.29, 1.82) is 0 Å². The minimum Gasteiger partial charge on any atom is -0.344 e. The van der Waals surface area contributed by atoms with Crippen LogP contribution in [0.2, 0.25) is 0 Å². The van der Waals surface area contributed by atoms with Gasteiger partial charge in [0.25, 0.3) is 0 Å². The second kappa shape index (κ2) is 9.78. The number of carbonyl (C=O) groups excluding carboxylic acids is 1. The highest BCUT2D eigenvalue weighted by molar-refractivity contribution is 6.06. The molecule has 20 heavy (non-hydrogen) atoms. The van der Waals surface area contributed by atoms with Gasteiger partial charge in [-0.05, 0) is 12.3 Å². The molecule has 1 fully saturated rings. The first-order chi connectivity index (χ1) is 9.63. The SMILES string of the molecule is CCCCCCCCCC1NC(=NCC(C)C)NC1=O. The van der Waals surface area contributed by atoms with Crippen LogP contribution in [0.4, 0.5) is 0 Å². The third kappa shape index (κ3) is 6.92. The van der Waals surface area contributed by atoms with Crippen LogP contribution in [0, 0.1) is 5.92 Å². The van der Waals surface area contributed by atoms with E-state index in [1.807, 2.05) is 0 Å². The van der Waals surface area contributed by atoms with Crippen molar-refractivity contribution in [2.24, 2.45) is 10.9 Å². The molecule has 1 rings (SSSR count). The number of rotatable bonds is 10. The smallest absolute Gasteiger partial charge is 0.249 e. The predicted molar refractivity (Wildman–Crippen MR) is 84.8 cm³/mol. The summed E-state index contributed by atoms with van der Waals surface area (Å²) < 4.78 is 0. The molecule has 1 saturated heterocycles. The number of hydrogen-bond donors (Lipinski definition) is 2. The Balaban J connectivity index is 2.12. The van der Waals surface area contributed by atoms with Crippen molar-refractivity contribution >= 4 is 11.9 Å². The maximum absolute atomic E-state index is 11.8. The molecule has 1 unspecified atom stereocenters. The molecule has 0 aliphatic carbocycles. The van der Waals surface area contributed by atoms with Gasteiger partial charge in [-0.25, -0.2) is 0 Å². The molecule has 1 heterocycles. The summed E-state index contributed by atoms with van der Waals surface area (Å²) in [5.41, 5.74) is 0. The Kier molecular flexibility index (Phi) is 8.31. The van der Waals surface area contributed by atoms with Crippen LogP contribution in [0.1, 0.15) is 72.1 Å². The number of hydrogen-bond acceptors (Lipinski definition) is 2. The summed E-state index contributed by atoms with van der Waals surface area (Å²) in [6, 6.07) is -0.0726. The largest absolute Gasteiger partial charge is 0.344 e. The Bertz CT molecular complexity index is 313. The third-order valence-electron chi connectivity index (χ3n) is 3.58. The summed E-state index contributed by atoms with van der Waals surface area (Å²) in [5, 5.41) is 6.02. The summed E-state index contributed by atoms with van der Waals surface area (Å²) in [7, 11) is 0. The van der Waals surface area contributed by atoms with E-state index in [4.69, 9.17) is 0 Å². The van der Waals surface area contributed by atoms with Gasteiger partial charge in [-0.2, -0.15) is 0 Å². The highest BCUT2D eigenvalue weighted by Gasteiger charge is 2.27. The number of nitrogens with one attached hydrogen (secondary N) is 2. The van der Waals surface area contributed by atoms with Gasteiger partial charge in [-0.15, -0.1) is 0 Å². The number of amides is 1. The molecule has 1 amide bonds. The van der Waals surface area contributed by atoms with E-state index in [2.05, 4.69) is 36.4 Å². The zero-order valence-electron chi connectivity index (χ0n) is 13.4. The molecule has 0 aromatic rings. The summed E-state index contributed by atoms with van der Waals surface area (Å²) in [4.78, 5) is 16.2. The lowest BCUT2D eigenvalue weighted by molar-refractivity contribution is -0.120. The van der Waals surface area contributed by atoms with Gasteiger partial charge in [0.15, 0.2) is 5.96 Å². The average molecular weight is 281 g/mol. The van der Waals surface area contributed by atoms with Crippen LogP contribution in [0.5, 0.6) is 0 Å². The maximum atomic E-state index is 11.8. The van der Waals surface area contributed by atoms with E-state index in [0.29, 0.717) is 11.9 Å². The van der Waals surface area contributed by atoms with E-state index in [9.17, 15) is 4.79 Å². The highest BCUT2D eigenvalue weighted by Crippen LogP contribution is 2.11. The van der Waals surface area contributed by atoms with Crippen LogP contribution in [-0.2, 0) is 4.79 Å². The van der Waals surface area contributed by atoms with Gasteiger partial charge in [0.05, 0.1) is 0 Å². The highest BCUT2D eigenvalue weighted by atomic mass is 16.2. The van der Waals surface area contributed by atoms with Gasteiger partial charge in [0.1, 0.15) is 6.04 Å². The van der Waals surface area contributed by atoms with Gasteiger partial charge in [0.2, 0.25) is 5.91 Å². The summed E-state index contributed by atoms with van der Waals surface area (Å²) in [6.45, 7) is 7.24. The molecular weight excluding hydrogens is 250 g/mol. The Morgan fingerprint density at radius 1 is 1.10 bits per heavy atom. The summed E-state index contributed by atoms with van der Waals surface area (Å²) in [5.74, 6) is 1.26. The summed E-state index contributed by atoms with van der Waals surface area (Å²) >= 11 is 0. The molecule has 0 spiro atoms. The number of guanidine groups is 1. The predicted octanol–water partition coefficient (Wildman–Crippen LogP) is 3.23. The Hall–Kier alpha value is -1.06. The molecule has 0 saturated carbocycles. The molecule has 0 radical (unpaired) electrons. The fraction of sp³-hybridized carbons (Fsp3) is 0.875. The molecule has 116 valence electrons. The normalized spacial score (nSPS) is 20.5. The Morgan fingerprint density at radius 2 is 1.75 bits per heavy atom. The minimum atomic E-state index is -0.0726. The van der Waals surface area contributed by atoms with Crippen molar-refractivity contribution < 1.29 is 4.79 Å². The second-order valence-electron chi connectivity index (χ2n) is 6.18. The molecule has 4 heteroatoms. The van der Waals surface area contributed by atoms with Crippen LogP contribution in [-0.4, -0.2) is 24.5 Å². The van der Waals surface area contributed by atoms with Crippen LogP contribution in [0.15, 0.2) is 4.99 Å². The fourth-order valence-corrected chi connectivity index (χ4v) is 2.34. The Labute approximate surface area is 123 Å². The minimum absolute atomic E-state index is 0.0726. The molecule has 0 aromatic heterocycles. The molecule has 2 N–H and O–H groups in total. The molecule has 4 nitrogen and oxygen atoms in total. The average Bonchev–Trinajstić information content (AvgIpc) is 2.76. The van der Waals surface area contributed by atoms with E-state index in [1.165, 1.54) is 38.5 Å². The van der Waals surface area contributed by atoms with Crippen molar-refractivity contribution in [3.63, 3.8) is 0 Å².